The first kappa shape index (κ1) is 13.9. The Kier molecular flexibility index (Phi) is 3.91. The lowest BCUT2D eigenvalue weighted by molar-refractivity contribution is -0.0919. The second-order valence-electron chi connectivity index (χ2n) is 6.11. The molecule has 0 radical (unpaired) electrons. The van der Waals surface area contributed by atoms with E-state index in [4.69, 9.17) is 9.26 Å². The molecule has 0 bridgehead atoms. The zero-order valence-electron chi connectivity index (χ0n) is 12.6. The highest BCUT2D eigenvalue weighted by Gasteiger charge is 2.34. The van der Waals surface area contributed by atoms with Crippen LogP contribution in [0.25, 0.3) is 11.5 Å². The molecule has 2 aromatic rings. The van der Waals surface area contributed by atoms with Crippen molar-refractivity contribution in [1.82, 2.24) is 15.0 Å². The first-order valence-corrected chi connectivity index (χ1v) is 8.14. The van der Waals surface area contributed by atoms with Gasteiger partial charge in [0.15, 0.2) is 5.82 Å². The lowest BCUT2D eigenvalue weighted by Crippen LogP contribution is -2.52. The zero-order valence-corrected chi connectivity index (χ0v) is 12.6. The Morgan fingerprint density at radius 2 is 2.00 bits per heavy atom. The van der Waals surface area contributed by atoms with Crippen LogP contribution in [-0.4, -0.2) is 40.3 Å². The average Bonchev–Trinajstić information content (AvgIpc) is 3.05. The van der Waals surface area contributed by atoms with E-state index in [2.05, 4.69) is 15.0 Å². The largest absolute Gasteiger partial charge is 0.375 e. The maximum absolute atomic E-state index is 5.92. The minimum Gasteiger partial charge on any atom is -0.375 e. The maximum atomic E-state index is 5.92. The first-order valence-electron chi connectivity index (χ1n) is 8.14. The normalized spacial score (nSPS) is 25.8. The zero-order chi connectivity index (χ0) is 14.8. The van der Waals surface area contributed by atoms with Gasteiger partial charge >= 0.3 is 0 Å². The van der Waals surface area contributed by atoms with E-state index in [0.29, 0.717) is 18.0 Å². The number of rotatable bonds is 3. The van der Waals surface area contributed by atoms with Gasteiger partial charge in [0.05, 0.1) is 19.3 Å². The van der Waals surface area contributed by atoms with Crippen molar-refractivity contribution in [1.29, 1.82) is 0 Å². The molecule has 2 atom stereocenters. The van der Waals surface area contributed by atoms with E-state index >= 15 is 0 Å². The van der Waals surface area contributed by atoms with Gasteiger partial charge in [-0.3, -0.25) is 4.90 Å². The average molecular weight is 299 g/mol. The molecule has 1 aliphatic heterocycles. The van der Waals surface area contributed by atoms with E-state index in [1.165, 1.54) is 25.7 Å². The third-order valence-corrected chi connectivity index (χ3v) is 4.68. The number of ether oxygens (including phenoxy) is 1. The molecule has 0 amide bonds. The van der Waals surface area contributed by atoms with E-state index in [9.17, 15) is 0 Å². The summed E-state index contributed by atoms with van der Waals surface area (Å²) >= 11 is 0. The second-order valence-corrected chi connectivity index (χ2v) is 6.11. The van der Waals surface area contributed by atoms with Crippen LogP contribution in [0.1, 0.15) is 31.5 Å². The number of nitrogens with zero attached hydrogens (tertiary/aromatic N) is 3. The summed E-state index contributed by atoms with van der Waals surface area (Å²) in [6, 6.07) is 10.4. The van der Waals surface area contributed by atoms with Crippen molar-refractivity contribution in [2.24, 2.45) is 0 Å². The number of aromatic nitrogens is 2. The van der Waals surface area contributed by atoms with Crippen LogP contribution in [0, 0.1) is 0 Å². The molecule has 1 aromatic carbocycles. The minimum atomic E-state index is 0.392. The molecule has 2 heterocycles. The molecular formula is C17H21N3O2. The fourth-order valence-corrected chi connectivity index (χ4v) is 3.57. The first-order chi connectivity index (χ1) is 10.9. The van der Waals surface area contributed by atoms with Crippen LogP contribution >= 0.6 is 0 Å². The molecule has 1 saturated heterocycles. The van der Waals surface area contributed by atoms with E-state index in [-0.39, 0.29) is 0 Å². The quantitative estimate of drug-likeness (QED) is 0.872. The molecule has 5 nitrogen and oxygen atoms in total. The summed E-state index contributed by atoms with van der Waals surface area (Å²) in [7, 11) is 0. The Hall–Kier alpha value is -1.72. The van der Waals surface area contributed by atoms with E-state index < -0.39 is 0 Å². The highest BCUT2D eigenvalue weighted by molar-refractivity contribution is 5.51. The highest BCUT2D eigenvalue weighted by atomic mass is 16.5. The monoisotopic (exact) mass is 299 g/mol. The van der Waals surface area contributed by atoms with Gasteiger partial charge in [0.2, 0.25) is 0 Å². The van der Waals surface area contributed by atoms with Gasteiger partial charge in [-0.2, -0.15) is 4.98 Å². The van der Waals surface area contributed by atoms with Crippen molar-refractivity contribution in [3.8, 4) is 11.5 Å². The predicted molar refractivity (Wildman–Crippen MR) is 82.1 cm³/mol. The van der Waals surface area contributed by atoms with E-state index in [1.807, 2.05) is 30.3 Å². The van der Waals surface area contributed by atoms with Crippen molar-refractivity contribution in [3.63, 3.8) is 0 Å². The molecule has 2 fully saturated rings. The number of hydrogen-bond acceptors (Lipinski definition) is 5. The smallest absolute Gasteiger partial charge is 0.257 e. The molecule has 1 saturated carbocycles. The summed E-state index contributed by atoms with van der Waals surface area (Å²) in [4.78, 5) is 7.02. The van der Waals surface area contributed by atoms with Gasteiger partial charge in [-0.25, -0.2) is 0 Å². The van der Waals surface area contributed by atoms with Crippen molar-refractivity contribution < 1.29 is 9.26 Å². The van der Waals surface area contributed by atoms with Crippen LogP contribution in [0.4, 0.5) is 0 Å². The van der Waals surface area contributed by atoms with Crippen molar-refractivity contribution >= 4 is 0 Å². The molecule has 0 N–H and O–H groups in total. The minimum absolute atomic E-state index is 0.392. The molecule has 2 aliphatic rings. The molecule has 116 valence electrons. The van der Waals surface area contributed by atoms with Gasteiger partial charge in [0.25, 0.3) is 5.89 Å². The Balaban J connectivity index is 1.48. The van der Waals surface area contributed by atoms with Gasteiger partial charge in [-0.15, -0.1) is 0 Å². The van der Waals surface area contributed by atoms with Gasteiger partial charge in [-0.1, -0.05) is 36.2 Å². The summed E-state index contributed by atoms with van der Waals surface area (Å²) in [6.45, 7) is 2.52. The topological polar surface area (TPSA) is 51.4 Å². The van der Waals surface area contributed by atoms with Crippen LogP contribution < -0.4 is 0 Å². The fraction of sp³-hybridized carbons (Fsp3) is 0.529. The summed E-state index contributed by atoms with van der Waals surface area (Å²) < 4.78 is 11.3. The van der Waals surface area contributed by atoms with Crippen LogP contribution in [0.15, 0.2) is 34.9 Å². The van der Waals surface area contributed by atoms with Crippen molar-refractivity contribution in [3.05, 3.63) is 36.2 Å². The lowest BCUT2D eigenvalue weighted by atomic mass is 9.90. The molecule has 4 rings (SSSR count). The van der Waals surface area contributed by atoms with Gasteiger partial charge in [0, 0.05) is 18.2 Å². The third-order valence-electron chi connectivity index (χ3n) is 4.68. The standard InChI is InChI=1S/C17H21N3O2/c1-2-6-13(7-3-1)17-18-16(19-22-17)12-20-10-11-21-15-9-5-4-8-14(15)20/h1-3,6-7,14-15H,4-5,8-12H2/t14-,15+/m0/s1. The van der Waals surface area contributed by atoms with Crippen LogP contribution in [0.3, 0.4) is 0 Å². The summed E-state index contributed by atoms with van der Waals surface area (Å²) in [6.07, 6.45) is 5.37. The number of benzene rings is 1. The van der Waals surface area contributed by atoms with Crippen LogP contribution in [0.5, 0.6) is 0 Å². The molecule has 0 unspecified atom stereocenters. The summed E-state index contributed by atoms with van der Waals surface area (Å²) in [5, 5.41) is 4.16. The Morgan fingerprint density at radius 3 is 2.91 bits per heavy atom. The van der Waals surface area contributed by atoms with Gasteiger partial charge in [0.1, 0.15) is 0 Å². The van der Waals surface area contributed by atoms with Crippen molar-refractivity contribution in [2.45, 2.75) is 44.4 Å². The Bertz CT molecular complexity index is 611. The number of hydrogen-bond donors (Lipinski definition) is 0. The van der Waals surface area contributed by atoms with E-state index in [1.54, 1.807) is 0 Å². The highest BCUT2D eigenvalue weighted by Crippen LogP contribution is 2.29. The molecule has 22 heavy (non-hydrogen) atoms. The molecule has 1 aliphatic carbocycles. The van der Waals surface area contributed by atoms with Crippen LogP contribution in [0.2, 0.25) is 0 Å². The maximum Gasteiger partial charge on any atom is 0.257 e. The van der Waals surface area contributed by atoms with E-state index in [0.717, 1.165) is 31.1 Å². The number of fused-ring (bicyclic) bond motifs is 1. The SMILES string of the molecule is c1ccc(-c2nc(CN3CCO[C@@H]4CCCC[C@@H]43)no2)cc1. The summed E-state index contributed by atoms with van der Waals surface area (Å²) in [5.74, 6) is 1.37. The van der Waals surface area contributed by atoms with Gasteiger partial charge in [-0.05, 0) is 25.0 Å². The van der Waals surface area contributed by atoms with Crippen molar-refractivity contribution in [2.75, 3.05) is 13.2 Å². The predicted octanol–water partition coefficient (Wildman–Crippen LogP) is 2.88. The Labute approximate surface area is 130 Å². The fourth-order valence-electron chi connectivity index (χ4n) is 3.57. The lowest BCUT2D eigenvalue weighted by Gasteiger charge is -2.43. The summed E-state index contributed by atoms with van der Waals surface area (Å²) in [5.41, 5.74) is 0.971. The molecular weight excluding hydrogens is 278 g/mol. The molecule has 0 spiro atoms. The number of morpholine rings is 1. The molecule has 5 heteroatoms. The second kappa shape index (κ2) is 6.18. The van der Waals surface area contributed by atoms with Gasteiger partial charge < -0.3 is 9.26 Å². The third kappa shape index (κ3) is 2.78. The molecule has 1 aromatic heterocycles. The van der Waals surface area contributed by atoms with Crippen LogP contribution in [-0.2, 0) is 11.3 Å². The Morgan fingerprint density at radius 1 is 1.14 bits per heavy atom.